The lowest BCUT2D eigenvalue weighted by molar-refractivity contribution is 0.189. The number of rotatable bonds is 5. The van der Waals surface area contributed by atoms with Crippen molar-refractivity contribution < 1.29 is 4.39 Å². The lowest BCUT2D eigenvalue weighted by atomic mass is 10.0. The van der Waals surface area contributed by atoms with Crippen LogP contribution in [0, 0.1) is 12.7 Å². The van der Waals surface area contributed by atoms with Crippen LogP contribution in [0.4, 0.5) is 4.39 Å². The molecule has 0 saturated carbocycles. The van der Waals surface area contributed by atoms with Crippen LogP contribution in [0.15, 0.2) is 18.2 Å². The quantitative estimate of drug-likeness (QED) is 0.848. The largest absolute Gasteiger partial charge is 0.311 e. The smallest absolute Gasteiger partial charge is 0.123 e. The van der Waals surface area contributed by atoms with Crippen LogP contribution in [-0.4, -0.2) is 31.1 Å². The van der Waals surface area contributed by atoms with Gasteiger partial charge >= 0.3 is 0 Å². The molecule has 1 aromatic rings. The summed E-state index contributed by atoms with van der Waals surface area (Å²) in [7, 11) is 4.13. The van der Waals surface area contributed by atoms with E-state index in [1.54, 1.807) is 6.07 Å². The van der Waals surface area contributed by atoms with E-state index in [2.05, 4.69) is 38.2 Å². The van der Waals surface area contributed by atoms with Gasteiger partial charge in [0.05, 0.1) is 0 Å². The molecule has 96 valence electrons. The summed E-state index contributed by atoms with van der Waals surface area (Å²) in [6, 6.07) is 4.93. The van der Waals surface area contributed by atoms with Crippen LogP contribution in [0.25, 0.3) is 0 Å². The predicted octanol–water partition coefficient (Wildman–Crippen LogP) is 2.56. The van der Waals surface area contributed by atoms with E-state index in [-0.39, 0.29) is 11.4 Å². The van der Waals surface area contributed by atoms with E-state index >= 15 is 0 Å². The number of halogens is 1. The zero-order valence-corrected chi connectivity index (χ0v) is 11.5. The van der Waals surface area contributed by atoms with E-state index in [0.717, 1.165) is 17.7 Å². The predicted molar refractivity (Wildman–Crippen MR) is 70.6 cm³/mol. The van der Waals surface area contributed by atoms with Crippen molar-refractivity contribution in [1.29, 1.82) is 0 Å². The second kappa shape index (κ2) is 5.61. The molecule has 0 aliphatic rings. The summed E-state index contributed by atoms with van der Waals surface area (Å²) < 4.78 is 13.1. The number of hydrogen-bond donors (Lipinski definition) is 1. The third kappa shape index (κ3) is 4.10. The monoisotopic (exact) mass is 238 g/mol. The van der Waals surface area contributed by atoms with Crippen molar-refractivity contribution in [2.24, 2.45) is 0 Å². The summed E-state index contributed by atoms with van der Waals surface area (Å²) in [6.45, 7) is 7.95. The highest BCUT2D eigenvalue weighted by Crippen LogP contribution is 2.11. The fraction of sp³-hybridized carbons (Fsp3) is 0.571. The maximum atomic E-state index is 13.1. The van der Waals surface area contributed by atoms with Crippen LogP contribution in [0.1, 0.15) is 25.0 Å². The van der Waals surface area contributed by atoms with Gasteiger partial charge in [-0.3, -0.25) is 0 Å². The highest BCUT2D eigenvalue weighted by atomic mass is 19.1. The first-order valence-electron chi connectivity index (χ1n) is 5.96. The molecule has 2 nitrogen and oxygen atoms in total. The SMILES string of the molecule is Cc1ccc(F)cc1CNCC(C)(C)N(C)C. The molecule has 17 heavy (non-hydrogen) atoms. The average molecular weight is 238 g/mol. The second-order valence-electron chi connectivity index (χ2n) is 5.38. The molecule has 0 spiro atoms. The fourth-order valence-electron chi connectivity index (χ4n) is 1.49. The normalized spacial score (nSPS) is 12.2. The topological polar surface area (TPSA) is 15.3 Å². The Morgan fingerprint density at radius 2 is 1.94 bits per heavy atom. The maximum absolute atomic E-state index is 13.1. The van der Waals surface area contributed by atoms with Crippen LogP contribution in [-0.2, 0) is 6.54 Å². The standard InChI is InChI=1S/C14H23FN2/c1-11-6-7-13(15)8-12(11)9-16-10-14(2,3)17(4)5/h6-8,16H,9-10H2,1-5H3. The van der Waals surface area contributed by atoms with Gasteiger partial charge in [0.1, 0.15) is 5.82 Å². The third-order valence-electron chi connectivity index (χ3n) is 3.39. The first-order chi connectivity index (χ1) is 7.83. The summed E-state index contributed by atoms with van der Waals surface area (Å²) in [6.07, 6.45) is 0. The van der Waals surface area contributed by atoms with Crippen LogP contribution < -0.4 is 5.32 Å². The number of aryl methyl sites for hydroxylation is 1. The van der Waals surface area contributed by atoms with E-state index in [1.165, 1.54) is 6.07 Å². The summed E-state index contributed by atoms with van der Waals surface area (Å²) in [5.74, 6) is -0.167. The lowest BCUT2D eigenvalue weighted by Crippen LogP contribution is -2.46. The van der Waals surface area contributed by atoms with Crippen LogP contribution >= 0.6 is 0 Å². The maximum Gasteiger partial charge on any atom is 0.123 e. The van der Waals surface area contributed by atoms with E-state index in [9.17, 15) is 4.39 Å². The van der Waals surface area contributed by atoms with E-state index in [0.29, 0.717) is 6.54 Å². The number of nitrogens with one attached hydrogen (secondary N) is 1. The van der Waals surface area contributed by atoms with Gasteiger partial charge in [0.2, 0.25) is 0 Å². The van der Waals surface area contributed by atoms with E-state index in [4.69, 9.17) is 0 Å². The molecule has 0 aliphatic carbocycles. The molecule has 0 radical (unpaired) electrons. The van der Waals surface area contributed by atoms with Gasteiger partial charge < -0.3 is 10.2 Å². The van der Waals surface area contributed by atoms with Gasteiger partial charge in [-0.2, -0.15) is 0 Å². The molecule has 0 amide bonds. The zero-order valence-electron chi connectivity index (χ0n) is 11.5. The highest BCUT2D eigenvalue weighted by molar-refractivity contribution is 5.26. The Kier molecular flexibility index (Phi) is 4.66. The summed E-state index contributed by atoms with van der Waals surface area (Å²) in [4.78, 5) is 2.18. The van der Waals surface area contributed by atoms with Crippen LogP contribution in [0.3, 0.4) is 0 Å². The molecule has 0 aliphatic heterocycles. The van der Waals surface area contributed by atoms with Crippen LogP contribution in [0.2, 0.25) is 0 Å². The molecular formula is C14H23FN2. The van der Waals surface area contributed by atoms with Gasteiger partial charge in [0.25, 0.3) is 0 Å². The Bertz CT molecular complexity index is 372. The molecular weight excluding hydrogens is 215 g/mol. The van der Waals surface area contributed by atoms with Gasteiger partial charge in [0.15, 0.2) is 0 Å². The van der Waals surface area contributed by atoms with Crippen molar-refractivity contribution in [3.8, 4) is 0 Å². The minimum absolute atomic E-state index is 0.0984. The molecule has 0 atom stereocenters. The molecule has 0 saturated heterocycles. The Morgan fingerprint density at radius 3 is 2.53 bits per heavy atom. The van der Waals surface area contributed by atoms with Crippen molar-refractivity contribution >= 4 is 0 Å². The van der Waals surface area contributed by atoms with E-state index in [1.807, 2.05) is 13.0 Å². The van der Waals surface area contributed by atoms with Crippen LogP contribution in [0.5, 0.6) is 0 Å². The van der Waals surface area contributed by atoms with Crippen molar-refractivity contribution in [2.75, 3.05) is 20.6 Å². The summed E-state index contributed by atoms with van der Waals surface area (Å²) in [5.41, 5.74) is 2.25. The Balaban J connectivity index is 2.54. The lowest BCUT2D eigenvalue weighted by Gasteiger charge is -2.32. The molecule has 1 N–H and O–H groups in total. The van der Waals surface area contributed by atoms with E-state index < -0.39 is 0 Å². The number of benzene rings is 1. The molecule has 3 heteroatoms. The Labute approximate surface area is 104 Å². The molecule has 1 aromatic carbocycles. The highest BCUT2D eigenvalue weighted by Gasteiger charge is 2.19. The number of likely N-dealkylation sites (N-methyl/N-ethyl adjacent to an activating group) is 1. The minimum atomic E-state index is -0.167. The minimum Gasteiger partial charge on any atom is -0.311 e. The molecule has 0 fully saturated rings. The third-order valence-corrected chi connectivity index (χ3v) is 3.39. The van der Waals surface area contributed by atoms with Crippen molar-refractivity contribution in [2.45, 2.75) is 32.9 Å². The molecule has 1 rings (SSSR count). The average Bonchev–Trinajstić information content (AvgIpc) is 2.22. The van der Waals surface area contributed by atoms with Gasteiger partial charge in [0, 0.05) is 18.6 Å². The zero-order chi connectivity index (χ0) is 13.1. The molecule has 0 aromatic heterocycles. The Hall–Kier alpha value is -0.930. The van der Waals surface area contributed by atoms with Gasteiger partial charge in [-0.15, -0.1) is 0 Å². The Morgan fingerprint density at radius 1 is 1.29 bits per heavy atom. The van der Waals surface area contributed by atoms with Crippen molar-refractivity contribution in [1.82, 2.24) is 10.2 Å². The van der Waals surface area contributed by atoms with Gasteiger partial charge in [-0.05, 0) is 58.1 Å². The molecule has 0 unspecified atom stereocenters. The van der Waals surface area contributed by atoms with Gasteiger partial charge in [-0.25, -0.2) is 4.39 Å². The summed E-state index contributed by atoms with van der Waals surface area (Å²) >= 11 is 0. The molecule has 0 heterocycles. The fourth-order valence-corrected chi connectivity index (χ4v) is 1.49. The second-order valence-corrected chi connectivity index (χ2v) is 5.38. The number of nitrogens with zero attached hydrogens (tertiary/aromatic N) is 1. The van der Waals surface area contributed by atoms with Crippen molar-refractivity contribution in [3.63, 3.8) is 0 Å². The summed E-state index contributed by atoms with van der Waals surface area (Å²) in [5, 5.41) is 3.38. The first-order valence-corrected chi connectivity index (χ1v) is 5.96. The van der Waals surface area contributed by atoms with Crippen molar-refractivity contribution in [3.05, 3.63) is 35.1 Å². The first kappa shape index (κ1) is 14.1. The molecule has 0 bridgehead atoms. The number of hydrogen-bond acceptors (Lipinski definition) is 2. The van der Waals surface area contributed by atoms with Gasteiger partial charge in [-0.1, -0.05) is 6.07 Å².